The summed E-state index contributed by atoms with van der Waals surface area (Å²) in [6.07, 6.45) is 1.98. The van der Waals surface area contributed by atoms with Crippen LogP contribution in [0.1, 0.15) is 46.6 Å². The Hall–Kier alpha value is -2.97. The Labute approximate surface area is 184 Å². The molecule has 2 aromatic heterocycles. The summed E-state index contributed by atoms with van der Waals surface area (Å²) in [5, 5.41) is 2.03. The molecule has 1 aliphatic heterocycles. The molecule has 1 aromatic carbocycles. The first-order valence-electron chi connectivity index (χ1n) is 10.5. The van der Waals surface area contributed by atoms with E-state index in [0.717, 1.165) is 29.5 Å². The van der Waals surface area contributed by atoms with Crippen LogP contribution in [0, 0.1) is 0 Å². The fourth-order valence-electron chi connectivity index (χ4n) is 4.26. The number of benzene rings is 1. The van der Waals surface area contributed by atoms with Crippen LogP contribution in [-0.2, 0) is 13.1 Å². The van der Waals surface area contributed by atoms with Gasteiger partial charge in [-0.3, -0.25) is 23.6 Å². The van der Waals surface area contributed by atoms with E-state index in [2.05, 4.69) is 11.0 Å². The Morgan fingerprint density at radius 2 is 1.90 bits per heavy atom. The van der Waals surface area contributed by atoms with Gasteiger partial charge < -0.3 is 5.73 Å². The van der Waals surface area contributed by atoms with Gasteiger partial charge in [0.2, 0.25) is 0 Å². The number of aromatic nitrogens is 2. The standard InChI is InChI=1S/C23H26N4O3S/c1-2-26-22(29)20(21(24)27(23(26)30)14-16-8-4-3-5-9-16)18(28)15-25-12-6-10-17(25)19-11-7-13-31-19/h3-5,7-9,11,13,17H,2,6,10,12,14-15,24H2,1H3/t17-/m1/s1. The van der Waals surface area contributed by atoms with Crippen LogP contribution >= 0.6 is 11.3 Å². The van der Waals surface area contributed by atoms with Crippen LogP contribution in [0.5, 0.6) is 0 Å². The summed E-state index contributed by atoms with van der Waals surface area (Å²) in [5.41, 5.74) is 5.95. The number of nitrogens with two attached hydrogens (primary N) is 1. The van der Waals surface area contributed by atoms with E-state index in [4.69, 9.17) is 5.73 Å². The third-order valence-corrected chi connectivity index (χ3v) is 6.80. The maximum absolute atomic E-state index is 13.3. The minimum atomic E-state index is -0.605. The van der Waals surface area contributed by atoms with Gasteiger partial charge in [-0.15, -0.1) is 11.3 Å². The zero-order valence-corrected chi connectivity index (χ0v) is 18.3. The van der Waals surface area contributed by atoms with Crippen LogP contribution in [0.3, 0.4) is 0 Å². The minimum Gasteiger partial charge on any atom is -0.384 e. The fraction of sp³-hybridized carbons (Fsp3) is 0.348. The van der Waals surface area contributed by atoms with Crippen molar-refractivity contribution < 1.29 is 4.79 Å². The van der Waals surface area contributed by atoms with Gasteiger partial charge in [0, 0.05) is 17.5 Å². The number of carbonyl (C=O) groups is 1. The van der Waals surface area contributed by atoms with Crippen molar-refractivity contribution in [2.75, 3.05) is 18.8 Å². The summed E-state index contributed by atoms with van der Waals surface area (Å²) in [7, 11) is 0. The number of ketones is 1. The number of nitrogen functional groups attached to an aromatic ring is 1. The predicted molar refractivity (Wildman–Crippen MR) is 123 cm³/mol. The average Bonchev–Trinajstić information content (AvgIpc) is 3.44. The highest BCUT2D eigenvalue weighted by Crippen LogP contribution is 2.34. The minimum absolute atomic E-state index is 0.0552. The molecule has 0 radical (unpaired) electrons. The number of nitrogens with zero attached hydrogens (tertiary/aromatic N) is 3. The van der Waals surface area contributed by atoms with Gasteiger partial charge in [0.15, 0.2) is 5.78 Å². The lowest BCUT2D eigenvalue weighted by atomic mass is 10.1. The first-order valence-corrected chi connectivity index (χ1v) is 11.4. The van der Waals surface area contributed by atoms with Crippen molar-refractivity contribution in [3.63, 3.8) is 0 Å². The molecule has 0 unspecified atom stereocenters. The molecule has 0 amide bonds. The molecule has 1 fully saturated rings. The Bertz CT molecular complexity index is 1180. The largest absolute Gasteiger partial charge is 0.384 e. The molecule has 4 rings (SSSR count). The molecule has 2 N–H and O–H groups in total. The summed E-state index contributed by atoms with van der Waals surface area (Å²) >= 11 is 1.68. The molecule has 0 spiro atoms. The zero-order valence-electron chi connectivity index (χ0n) is 17.5. The summed E-state index contributed by atoms with van der Waals surface area (Å²) < 4.78 is 2.42. The number of anilines is 1. The SMILES string of the molecule is CCn1c(=O)c(C(=O)CN2CCC[C@@H]2c2cccs2)c(N)n(Cc2ccccc2)c1=O. The second kappa shape index (κ2) is 9.03. The van der Waals surface area contributed by atoms with Crippen molar-refractivity contribution in [3.8, 4) is 0 Å². The molecule has 31 heavy (non-hydrogen) atoms. The summed E-state index contributed by atoms with van der Waals surface area (Å²) in [6, 6.07) is 13.7. The van der Waals surface area contributed by atoms with Crippen molar-refractivity contribution in [3.05, 3.63) is 84.7 Å². The van der Waals surface area contributed by atoms with Gasteiger partial charge in [0.05, 0.1) is 13.1 Å². The number of Topliss-reactive ketones (excluding diaryl/α,β-unsaturated/α-hetero) is 1. The molecular weight excluding hydrogens is 412 g/mol. The number of hydrogen-bond acceptors (Lipinski definition) is 6. The van der Waals surface area contributed by atoms with E-state index in [1.807, 2.05) is 41.8 Å². The molecule has 1 aliphatic rings. The van der Waals surface area contributed by atoms with E-state index in [9.17, 15) is 14.4 Å². The van der Waals surface area contributed by atoms with Gasteiger partial charge in [-0.2, -0.15) is 0 Å². The van der Waals surface area contributed by atoms with E-state index in [1.165, 1.54) is 9.44 Å². The quantitative estimate of drug-likeness (QED) is 0.573. The number of carbonyl (C=O) groups excluding carboxylic acids is 1. The monoisotopic (exact) mass is 438 g/mol. The van der Waals surface area contributed by atoms with Gasteiger partial charge >= 0.3 is 5.69 Å². The third kappa shape index (κ3) is 4.13. The van der Waals surface area contributed by atoms with Crippen molar-refractivity contribution in [2.24, 2.45) is 0 Å². The second-order valence-electron chi connectivity index (χ2n) is 7.73. The van der Waals surface area contributed by atoms with E-state index in [0.29, 0.717) is 0 Å². The highest BCUT2D eigenvalue weighted by molar-refractivity contribution is 7.10. The smallest absolute Gasteiger partial charge is 0.332 e. The molecule has 0 bridgehead atoms. The van der Waals surface area contributed by atoms with Crippen molar-refractivity contribution in [1.82, 2.24) is 14.0 Å². The molecule has 0 saturated carbocycles. The van der Waals surface area contributed by atoms with Crippen molar-refractivity contribution in [1.29, 1.82) is 0 Å². The van der Waals surface area contributed by atoms with Crippen LogP contribution < -0.4 is 17.0 Å². The summed E-state index contributed by atoms with van der Waals surface area (Å²) in [6.45, 7) is 2.99. The Balaban J connectivity index is 1.70. The lowest BCUT2D eigenvalue weighted by Gasteiger charge is -2.23. The van der Waals surface area contributed by atoms with E-state index < -0.39 is 11.2 Å². The van der Waals surface area contributed by atoms with Crippen LogP contribution in [0.15, 0.2) is 57.4 Å². The Morgan fingerprint density at radius 3 is 2.58 bits per heavy atom. The van der Waals surface area contributed by atoms with Gasteiger partial charge in [0.25, 0.3) is 5.56 Å². The third-order valence-electron chi connectivity index (χ3n) is 5.83. The molecule has 3 heterocycles. The van der Waals surface area contributed by atoms with Gasteiger partial charge in [-0.1, -0.05) is 36.4 Å². The molecule has 3 aromatic rings. The molecule has 162 valence electrons. The van der Waals surface area contributed by atoms with E-state index >= 15 is 0 Å². The lowest BCUT2D eigenvalue weighted by molar-refractivity contribution is 0.0920. The van der Waals surface area contributed by atoms with Crippen molar-refractivity contribution in [2.45, 2.75) is 38.9 Å². The molecule has 1 atom stereocenters. The Kier molecular flexibility index (Phi) is 6.20. The maximum atomic E-state index is 13.3. The van der Waals surface area contributed by atoms with Gasteiger partial charge in [0.1, 0.15) is 11.4 Å². The van der Waals surface area contributed by atoms with E-state index in [1.54, 1.807) is 18.3 Å². The second-order valence-corrected chi connectivity index (χ2v) is 8.71. The van der Waals surface area contributed by atoms with E-state index in [-0.39, 0.29) is 42.8 Å². The number of hydrogen-bond donors (Lipinski definition) is 1. The molecule has 8 heteroatoms. The molecule has 7 nitrogen and oxygen atoms in total. The Morgan fingerprint density at radius 1 is 1.13 bits per heavy atom. The first-order chi connectivity index (χ1) is 15.0. The highest BCUT2D eigenvalue weighted by Gasteiger charge is 2.31. The zero-order chi connectivity index (χ0) is 22.0. The average molecular weight is 439 g/mol. The highest BCUT2D eigenvalue weighted by atomic mass is 32.1. The fourth-order valence-corrected chi connectivity index (χ4v) is 5.15. The van der Waals surface area contributed by atoms with Crippen LogP contribution in [-0.4, -0.2) is 32.9 Å². The maximum Gasteiger partial charge on any atom is 0.332 e. The summed E-state index contributed by atoms with van der Waals surface area (Å²) in [4.78, 5) is 42.5. The van der Waals surface area contributed by atoms with Crippen LogP contribution in [0.4, 0.5) is 5.82 Å². The van der Waals surface area contributed by atoms with Crippen LogP contribution in [0.2, 0.25) is 0 Å². The topological polar surface area (TPSA) is 90.3 Å². The number of likely N-dealkylation sites (tertiary alicyclic amines) is 1. The normalized spacial score (nSPS) is 16.6. The number of thiophene rings is 1. The van der Waals surface area contributed by atoms with Gasteiger partial charge in [-0.25, -0.2) is 4.79 Å². The first kappa shape index (κ1) is 21.3. The number of rotatable bonds is 7. The summed E-state index contributed by atoms with van der Waals surface area (Å²) in [5.74, 6) is -0.393. The molecule has 1 saturated heterocycles. The lowest BCUT2D eigenvalue weighted by Crippen LogP contribution is -2.45. The van der Waals surface area contributed by atoms with Gasteiger partial charge in [-0.05, 0) is 43.3 Å². The van der Waals surface area contributed by atoms with Crippen molar-refractivity contribution >= 4 is 22.9 Å². The molecular formula is C23H26N4O3S. The molecule has 0 aliphatic carbocycles. The predicted octanol–water partition coefficient (Wildman–Crippen LogP) is 2.74. The van der Waals surface area contributed by atoms with Crippen LogP contribution in [0.25, 0.3) is 0 Å².